The molecule has 3 nitrogen and oxygen atoms in total. The summed E-state index contributed by atoms with van der Waals surface area (Å²) in [5.41, 5.74) is 10.0. The van der Waals surface area contributed by atoms with E-state index in [9.17, 15) is 0 Å². The quantitative estimate of drug-likeness (QED) is 0.0721. The summed E-state index contributed by atoms with van der Waals surface area (Å²) in [5.74, 6) is 0. The Morgan fingerprint density at radius 3 is 1.25 bits per heavy atom. The topological polar surface area (TPSA) is 54.6 Å². The normalized spacial score (nSPS) is 9.00. The number of benzene rings is 4. The predicted octanol–water partition coefficient (Wildman–Crippen LogP) is 7.19. The first-order valence-electron chi connectivity index (χ1n) is 11.1. The Bertz CT molecular complexity index is 1100. The van der Waals surface area contributed by atoms with Gasteiger partial charge in [-0.25, -0.2) is 12.1 Å². The van der Waals surface area contributed by atoms with Crippen molar-refractivity contribution in [1.29, 1.82) is 0 Å². The monoisotopic (exact) mass is 573 g/mol. The molecule has 0 aliphatic rings. The zero-order valence-electron chi connectivity index (χ0n) is 20.1. The largest absolute Gasteiger partial charge is 0.214 e. The van der Waals surface area contributed by atoms with Gasteiger partial charge in [-0.2, -0.15) is 18.2 Å². The molecule has 0 saturated heterocycles. The Morgan fingerprint density at radius 2 is 0.972 bits per heavy atom. The summed E-state index contributed by atoms with van der Waals surface area (Å²) in [6.07, 6.45) is 0. The van der Waals surface area contributed by atoms with E-state index in [0.29, 0.717) is 5.69 Å². The number of nitrogens with zero attached hydrogens (tertiary/aromatic N) is 2. The van der Waals surface area contributed by atoms with Crippen LogP contribution in [0, 0.1) is 13.6 Å². The minimum absolute atomic E-state index is 0. The van der Waals surface area contributed by atoms with Crippen LogP contribution >= 0.6 is 7.92 Å². The average Bonchev–Trinajstić information content (AvgIpc) is 3.53. The van der Waals surface area contributed by atoms with Gasteiger partial charge >= 0.3 is 11.3 Å². The molecule has 5 heteroatoms. The summed E-state index contributed by atoms with van der Waals surface area (Å²) < 4.78 is 7.50. The van der Waals surface area contributed by atoms with Gasteiger partial charge < -0.3 is 10.6 Å². The van der Waals surface area contributed by atoms with Crippen LogP contribution in [0.25, 0.3) is 5.53 Å². The van der Waals surface area contributed by atoms with Gasteiger partial charge in [0.2, 0.25) is 0 Å². The van der Waals surface area contributed by atoms with Crippen molar-refractivity contribution in [2.45, 2.75) is 6.92 Å². The third kappa shape index (κ3) is 11.0. The molecule has 0 radical (unpaired) electrons. The maximum absolute atomic E-state index is 8.25. The molecule has 0 N–H and O–H groups in total. The second kappa shape index (κ2) is 18.9. The van der Waals surface area contributed by atoms with Gasteiger partial charge in [0, 0.05) is 26.8 Å². The molecule has 0 aromatic heterocycles. The maximum atomic E-state index is 8.25. The summed E-state index contributed by atoms with van der Waals surface area (Å²) in [4.78, 5) is 0. The standard InChI is InChI=1S/C18H15P.C7H7N2.C5H5.CO.Mo/c1-4-10-16(11-5-1)19(17-12-6-2-7-13-17)18-14-8-3-9-15-18;1-6-2-4-7(9-8)5-3-6;1-2-4-5-3-1;1-2;/h1-15H;2-5H,1H3;1-5H;;/q;2*-1;;/p+1. The van der Waals surface area contributed by atoms with Crippen molar-refractivity contribution < 1.29 is 25.7 Å². The Morgan fingerprint density at radius 1 is 0.611 bits per heavy atom. The molecule has 0 amide bonds. The first-order valence-corrected chi connectivity index (χ1v) is 12.6. The summed E-state index contributed by atoms with van der Waals surface area (Å²) in [6, 6.07) is 49.8. The van der Waals surface area contributed by atoms with Crippen molar-refractivity contribution in [3.05, 3.63) is 163 Å². The van der Waals surface area contributed by atoms with Crippen LogP contribution < -0.4 is 15.9 Å². The smallest absolute Gasteiger partial charge is 0.102 e. The van der Waals surface area contributed by atoms with Crippen LogP contribution in [0.1, 0.15) is 5.56 Å². The van der Waals surface area contributed by atoms with Crippen molar-refractivity contribution in [3.63, 3.8) is 0 Å². The van der Waals surface area contributed by atoms with Gasteiger partial charge in [-0.05, 0) is 55.5 Å². The molecule has 36 heavy (non-hydrogen) atoms. The zero-order chi connectivity index (χ0) is 25.1. The molecular formula is C31H28MoN2OP-. The molecule has 0 aliphatic heterocycles. The fourth-order valence-electron chi connectivity index (χ4n) is 3.25. The molecule has 5 aromatic carbocycles. The van der Waals surface area contributed by atoms with Crippen molar-refractivity contribution in [2.75, 3.05) is 0 Å². The summed E-state index contributed by atoms with van der Waals surface area (Å²) in [6.45, 7) is 6.49. The van der Waals surface area contributed by atoms with E-state index >= 15 is 0 Å². The van der Waals surface area contributed by atoms with Gasteiger partial charge in [0.25, 0.3) is 0 Å². The van der Waals surface area contributed by atoms with Crippen LogP contribution in [0.2, 0.25) is 0 Å². The molecule has 0 heterocycles. The fourth-order valence-corrected chi connectivity index (χ4v) is 5.82. The Labute approximate surface area is 229 Å². The van der Waals surface area contributed by atoms with Gasteiger partial charge in [-0.15, -0.1) is 0 Å². The van der Waals surface area contributed by atoms with Crippen LogP contribution in [-0.2, 0) is 25.7 Å². The molecule has 5 aromatic rings. The molecule has 180 valence electrons. The van der Waals surface area contributed by atoms with Crippen LogP contribution in [0.15, 0.2) is 151 Å². The number of aryl methyl sites for hydroxylation is 1. The van der Waals surface area contributed by atoms with Gasteiger partial charge in [0.05, 0.1) is 7.92 Å². The van der Waals surface area contributed by atoms with E-state index in [0.717, 1.165) is 0 Å². The molecule has 0 unspecified atom stereocenters. The van der Waals surface area contributed by atoms with E-state index in [4.69, 9.17) is 10.2 Å². The van der Waals surface area contributed by atoms with Crippen LogP contribution in [-0.4, -0.2) is 0 Å². The maximum Gasteiger partial charge on any atom is 0.102 e. The molecular weight excluding hydrogens is 543 g/mol. The van der Waals surface area contributed by atoms with E-state index in [-0.39, 0.29) is 21.1 Å². The van der Waals surface area contributed by atoms with Crippen molar-refractivity contribution in [2.24, 2.45) is 5.11 Å². The van der Waals surface area contributed by atoms with Crippen LogP contribution in [0.5, 0.6) is 0 Å². The van der Waals surface area contributed by atoms with E-state index in [2.05, 4.69) is 103 Å². The van der Waals surface area contributed by atoms with Crippen molar-refractivity contribution in [1.82, 2.24) is 0 Å². The Hall–Kier alpha value is -3.31. The predicted molar refractivity (Wildman–Crippen MR) is 149 cm³/mol. The zero-order valence-corrected chi connectivity index (χ0v) is 23.1. The first-order chi connectivity index (χ1) is 17.3. The molecule has 0 aliphatic carbocycles. The number of hydrogen-bond acceptors (Lipinski definition) is 1. The number of rotatable bonds is 4. The SMILES string of the molecule is Cc1ccc(N=[N-])cc1.[C-]#[O+].[Mo].c1cc[cH-]c1.c1ccc([PH+](c2ccccc2)c2ccccc2)cc1. The number of hydrogen-bond donors (Lipinski definition) is 0. The summed E-state index contributed by atoms with van der Waals surface area (Å²) in [5, 5.41) is 7.32. The van der Waals surface area contributed by atoms with Crippen LogP contribution in [0.4, 0.5) is 5.69 Å². The molecule has 5 rings (SSSR count). The fraction of sp³-hybridized carbons (Fsp3) is 0.0323. The third-order valence-electron chi connectivity index (χ3n) is 4.89. The van der Waals surface area contributed by atoms with Gasteiger partial charge in [0.15, 0.2) is 0 Å². The van der Waals surface area contributed by atoms with E-state index in [1.165, 1.54) is 21.5 Å². The van der Waals surface area contributed by atoms with Gasteiger partial charge in [0.1, 0.15) is 15.9 Å². The van der Waals surface area contributed by atoms with Gasteiger partial charge in [-0.3, -0.25) is 0 Å². The van der Waals surface area contributed by atoms with Crippen LogP contribution in [0.3, 0.4) is 0 Å². The van der Waals surface area contributed by atoms with E-state index in [1.807, 2.05) is 49.4 Å². The van der Waals surface area contributed by atoms with Crippen molar-refractivity contribution >= 4 is 29.5 Å². The molecule has 0 saturated carbocycles. The molecule has 0 bridgehead atoms. The molecule has 0 spiro atoms. The van der Waals surface area contributed by atoms with Gasteiger partial charge in [-0.1, -0.05) is 72.3 Å². The molecule has 0 atom stereocenters. The Kier molecular flexibility index (Phi) is 16.2. The molecule has 0 fully saturated rings. The van der Waals surface area contributed by atoms with E-state index < -0.39 is 7.92 Å². The minimum Gasteiger partial charge on any atom is -0.214 e. The summed E-state index contributed by atoms with van der Waals surface area (Å²) in [7, 11) is -0.877. The first kappa shape index (κ1) is 30.7. The van der Waals surface area contributed by atoms with Crippen molar-refractivity contribution in [3.8, 4) is 0 Å². The summed E-state index contributed by atoms with van der Waals surface area (Å²) >= 11 is 0. The minimum atomic E-state index is -0.877. The van der Waals surface area contributed by atoms with E-state index in [1.54, 1.807) is 12.1 Å². The second-order valence-corrected chi connectivity index (χ2v) is 9.85. The third-order valence-corrected chi connectivity index (χ3v) is 7.62. The second-order valence-electron chi connectivity index (χ2n) is 7.37. The Balaban J connectivity index is 0.000000317. The average molecular weight is 571 g/mol.